The topological polar surface area (TPSA) is 25.2 Å². The molecule has 1 aromatic heterocycles. The van der Waals surface area contributed by atoms with Crippen LogP contribution in [-0.4, -0.2) is 10.7 Å². The second-order valence-corrected chi connectivity index (χ2v) is 5.30. The van der Waals surface area contributed by atoms with Crippen LogP contribution in [0.15, 0.2) is 23.3 Å². The van der Waals surface area contributed by atoms with Crippen LogP contribution >= 0.6 is 0 Å². The second kappa shape index (κ2) is 7.30. The molecule has 1 saturated carbocycles. The number of hydrogen-bond donors (Lipinski definition) is 0. The summed E-state index contributed by atoms with van der Waals surface area (Å²) in [4.78, 5) is 9.18. The highest BCUT2D eigenvalue weighted by molar-refractivity contribution is 5.86. The Bertz CT molecular complexity index is 384. The van der Waals surface area contributed by atoms with Crippen molar-refractivity contribution in [2.45, 2.75) is 64.7 Å². The molecule has 0 bridgehead atoms. The lowest BCUT2D eigenvalue weighted by molar-refractivity contribution is 0.575. The predicted molar refractivity (Wildman–Crippen MR) is 77.6 cm³/mol. The Kier molecular flexibility index (Phi) is 5.37. The fraction of sp³-hybridized carbons (Fsp3) is 0.625. The van der Waals surface area contributed by atoms with Gasteiger partial charge in [-0.2, -0.15) is 0 Å². The summed E-state index contributed by atoms with van der Waals surface area (Å²) in [5.74, 6) is 0.921. The van der Waals surface area contributed by atoms with Crippen molar-refractivity contribution in [2.75, 3.05) is 0 Å². The molecule has 2 nitrogen and oxygen atoms in total. The summed E-state index contributed by atoms with van der Waals surface area (Å²) >= 11 is 0. The first-order valence-corrected chi connectivity index (χ1v) is 7.34. The second-order valence-electron chi connectivity index (χ2n) is 5.30. The van der Waals surface area contributed by atoms with E-state index >= 15 is 0 Å². The monoisotopic (exact) mass is 244 g/mol. The third-order valence-electron chi connectivity index (χ3n) is 3.68. The quantitative estimate of drug-likeness (QED) is 0.683. The van der Waals surface area contributed by atoms with Gasteiger partial charge in [0.15, 0.2) is 5.82 Å². The molecule has 1 aromatic rings. The first kappa shape index (κ1) is 13.3. The number of pyridine rings is 1. The van der Waals surface area contributed by atoms with Crippen LogP contribution in [0, 0.1) is 6.92 Å². The Hall–Kier alpha value is -1.18. The maximum absolute atomic E-state index is 4.80. The normalized spacial score (nSPS) is 18.4. The molecule has 0 N–H and O–H groups in total. The van der Waals surface area contributed by atoms with E-state index in [0.717, 1.165) is 18.7 Å². The van der Waals surface area contributed by atoms with E-state index in [4.69, 9.17) is 4.99 Å². The van der Waals surface area contributed by atoms with Crippen molar-refractivity contribution in [3.8, 4) is 0 Å². The summed E-state index contributed by atoms with van der Waals surface area (Å²) in [6, 6.07) is 4.07. The molecule has 0 unspecified atom stereocenters. The lowest BCUT2D eigenvalue weighted by atomic mass is 9.99. The zero-order valence-electron chi connectivity index (χ0n) is 11.5. The third-order valence-corrected chi connectivity index (χ3v) is 3.68. The molecule has 98 valence electrons. The van der Waals surface area contributed by atoms with Gasteiger partial charge >= 0.3 is 0 Å². The van der Waals surface area contributed by atoms with Crippen molar-refractivity contribution in [1.82, 2.24) is 4.98 Å². The van der Waals surface area contributed by atoms with Crippen LogP contribution in [0.1, 0.15) is 63.4 Å². The Balaban J connectivity index is 2.05. The highest BCUT2D eigenvalue weighted by atomic mass is 14.9. The van der Waals surface area contributed by atoms with E-state index in [1.54, 1.807) is 0 Å². The zero-order chi connectivity index (χ0) is 12.6. The summed E-state index contributed by atoms with van der Waals surface area (Å²) < 4.78 is 0. The van der Waals surface area contributed by atoms with Gasteiger partial charge in [0.1, 0.15) is 0 Å². The van der Waals surface area contributed by atoms with E-state index in [1.807, 2.05) is 12.3 Å². The smallest absolute Gasteiger partial charge is 0.154 e. The van der Waals surface area contributed by atoms with Gasteiger partial charge in [0.2, 0.25) is 0 Å². The van der Waals surface area contributed by atoms with Gasteiger partial charge in [-0.05, 0) is 44.2 Å². The van der Waals surface area contributed by atoms with Gasteiger partial charge in [-0.1, -0.05) is 38.2 Å². The number of aromatic nitrogens is 1. The molecule has 18 heavy (non-hydrogen) atoms. The molecular formula is C16H24N2. The van der Waals surface area contributed by atoms with E-state index in [9.17, 15) is 0 Å². The van der Waals surface area contributed by atoms with Gasteiger partial charge in [0, 0.05) is 11.9 Å². The SMILES string of the molecule is Cc1cccnc1N=C1CCCCCCCCC1. The van der Waals surface area contributed by atoms with E-state index in [1.165, 1.54) is 56.2 Å². The summed E-state index contributed by atoms with van der Waals surface area (Å²) in [6.45, 7) is 2.09. The summed E-state index contributed by atoms with van der Waals surface area (Å²) in [7, 11) is 0. The average molecular weight is 244 g/mol. The number of nitrogens with zero attached hydrogens (tertiary/aromatic N) is 2. The first-order valence-electron chi connectivity index (χ1n) is 7.34. The van der Waals surface area contributed by atoms with Gasteiger partial charge < -0.3 is 0 Å². The van der Waals surface area contributed by atoms with Crippen molar-refractivity contribution in [1.29, 1.82) is 0 Å². The first-order chi connectivity index (χ1) is 8.86. The number of aliphatic imine (C=N–C) groups is 1. The van der Waals surface area contributed by atoms with E-state index in [0.29, 0.717) is 0 Å². The minimum atomic E-state index is 0.921. The van der Waals surface area contributed by atoms with Gasteiger partial charge in [0.25, 0.3) is 0 Å². The van der Waals surface area contributed by atoms with E-state index < -0.39 is 0 Å². The van der Waals surface area contributed by atoms with Crippen LogP contribution in [-0.2, 0) is 0 Å². The van der Waals surface area contributed by atoms with Gasteiger partial charge in [-0.3, -0.25) is 0 Å². The molecule has 1 aliphatic carbocycles. The zero-order valence-corrected chi connectivity index (χ0v) is 11.5. The maximum Gasteiger partial charge on any atom is 0.154 e. The molecular weight excluding hydrogens is 220 g/mol. The lowest BCUT2D eigenvalue weighted by Crippen LogP contribution is -2.01. The van der Waals surface area contributed by atoms with Crippen LogP contribution < -0.4 is 0 Å². The molecule has 0 saturated heterocycles. The maximum atomic E-state index is 4.80. The molecule has 0 spiro atoms. The highest BCUT2D eigenvalue weighted by Crippen LogP contribution is 2.19. The molecule has 1 fully saturated rings. The van der Waals surface area contributed by atoms with Crippen LogP contribution in [0.3, 0.4) is 0 Å². The molecule has 2 heteroatoms. The molecule has 0 aliphatic heterocycles. The summed E-state index contributed by atoms with van der Waals surface area (Å²) in [6.07, 6.45) is 13.7. The molecule has 0 atom stereocenters. The van der Waals surface area contributed by atoms with Gasteiger partial charge in [-0.25, -0.2) is 9.98 Å². The third kappa shape index (κ3) is 4.25. The van der Waals surface area contributed by atoms with Crippen LogP contribution in [0.25, 0.3) is 0 Å². The number of rotatable bonds is 1. The van der Waals surface area contributed by atoms with Crippen molar-refractivity contribution in [2.24, 2.45) is 4.99 Å². The number of aryl methyl sites for hydroxylation is 1. The Labute approximate surface area is 111 Å². The summed E-state index contributed by atoms with van der Waals surface area (Å²) in [5, 5.41) is 0. The molecule has 0 amide bonds. The largest absolute Gasteiger partial charge is 0.238 e. The minimum absolute atomic E-state index is 0.921. The van der Waals surface area contributed by atoms with E-state index in [2.05, 4.69) is 18.0 Å². The van der Waals surface area contributed by atoms with Gasteiger partial charge in [0.05, 0.1) is 0 Å². The Morgan fingerprint density at radius 3 is 2.17 bits per heavy atom. The molecule has 1 heterocycles. The fourth-order valence-electron chi connectivity index (χ4n) is 2.52. The standard InChI is InChI=1S/C16H24N2/c1-14-10-9-13-17-16(14)18-15-11-7-5-3-2-4-6-8-12-15/h9-10,13H,2-8,11-12H2,1H3. The minimum Gasteiger partial charge on any atom is -0.238 e. The van der Waals surface area contributed by atoms with E-state index in [-0.39, 0.29) is 0 Å². The highest BCUT2D eigenvalue weighted by Gasteiger charge is 2.05. The molecule has 1 aliphatic rings. The Morgan fingerprint density at radius 1 is 0.944 bits per heavy atom. The fourth-order valence-corrected chi connectivity index (χ4v) is 2.52. The van der Waals surface area contributed by atoms with Crippen molar-refractivity contribution >= 4 is 11.5 Å². The van der Waals surface area contributed by atoms with Crippen LogP contribution in [0.4, 0.5) is 5.82 Å². The van der Waals surface area contributed by atoms with Crippen LogP contribution in [0.5, 0.6) is 0 Å². The molecule has 0 aromatic carbocycles. The molecule has 0 radical (unpaired) electrons. The van der Waals surface area contributed by atoms with Crippen molar-refractivity contribution < 1.29 is 0 Å². The lowest BCUT2D eigenvalue weighted by Gasteiger charge is -2.10. The van der Waals surface area contributed by atoms with Gasteiger partial charge in [-0.15, -0.1) is 0 Å². The predicted octanol–water partition coefficient (Wildman–Crippen LogP) is 4.99. The summed E-state index contributed by atoms with van der Waals surface area (Å²) in [5.41, 5.74) is 2.54. The number of hydrogen-bond acceptors (Lipinski definition) is 2. The van der Waals surface area contributed by atoms with Crippen LogP contribution in [0.2, 0.25) is 0 Å². The Morgan fingerprint density at radius 2 is 1.56 bits per heavy atom. The molecule has 2 rings (SSSR count). The van der Waals surface area contributed by atoms with Crippen molar-refractivity contribution in [3.63, 3.8) is 0 Å². The average Bonchev–Trinajstić information content (AvgIpc) is 2.40. The van der Waals surface area contributed by atoms with Crippen molar-refractivity contribution in [3.05, 3.63) is 23.9 Å².